The molecule has 1 N–H and O–H groups in total. The summed E-state index contributed by atoms with van der Waals surface area (Å²) in [5.74, 6) is 7.08. The molecular formula is C14H18ClNO2. The second kappa shape index (κ2) is 7.86. The van der Waals surface area contributed by atoms with Crippen molar-refractivity contribution in [3.05, 3.63) is 22.7 Å². The quantitative estimate of drug-likeness (QED) is 0.635. The van der Waals surface area contributed by atoms with Gasteiger partial charge in [0.05, 0.1) is 19.2 Å². The molecule has 1 aromatic carbocycles. The van der Waals surface area contributed by atoms with Gasteiger partial charge in [0, 0.05) is 19.5 Å². The van der Waals surface area contributed by atoms with E-state index < -0.39 is 0 Å². The molecular weight excluding hydrogens is 250 g/mol. The van der Waals surface area contributed by atoms with Crippen LogP contribution in [0.25, 0.3) is 0 Å². The summed E-state index contributed by atoms with van der Waals surface area (Å²) < 4.78 is 10.4. The SMILES string of the molecule is CC#CCCNCc1ccc(OC)c(OC)c1Cl. The van der Waals surface area contributed by atoms with E-state index in [2.05, 4.69) is 17.2 Å². The third-order valence-electron chi connectivity index (χ3n) is 2.48. The fourth-order valence-corrected chi connectivity index (χ4v) is 1.87. The number of nitrogens with one attached hydrogen (secondary N) is 1. The molecule has 0 bridgehead atoms. The summed E-state index contributed by atoms with van der Waals surface area (Å²) in [6, 6.07) is 3.79. The Hall–Kier alpha value is -1.37. The van der Waals surface area contributed by atoms with Gasteiger partial charge in [0.1, 0.15) is 0 Å². The number of benzene rings is 1. The number of rotatable bonds is 6. The van der Waals surface area contributed by atoms with Crippen molar-refractivity contribution in [2.75, 3.05) is 20.8 Å². The Bertz CT molecular complexity index is 449. The van der Waals surface area contributed by atoms with E-state index in [0.717, 1.165) is 18.5 Å². The summed E-state index contributed by atoms with van der Waals surface area (Å²) in [5, 5.41) is 3.87. The fraction of sp³-hybridized carbons (Fsp3) is 0.429. The summed E-state index contributed by atoms with van der Waals surface area (Å²) in [6.07, 6.45) is 0.835. The van der Waals surface area contributed by atoms with Gasteiger partial charge < -0.3 is 14.8 Å². The summed E-state index contributed by atoms with van der Waals surface area (Å²) in [6.45, 7) is 3.36. The van der Waals surface area contributed by atoms with Crippen LogP contribution in [0.3, 0.4) is 0 Å². The van der Waals surface area contributed by atoms with E-state index in [9.17, 15) is 0 Å². The maximum atomic E-state index is 6.26. The zero-order valence-electron chi connectivity index (χ0n) is 11.0. The molecule has 0 radical (unpaired) electrons. The lowest BCUT2D eigenvalue weighted by Gasteiger charge is -2.13. The predicted molar refractivity (Wildman–Crippen MR) is 74.3 cm³/mol. The van der Waals surface area contributed by atoms with Crippen LogP contribution in [0.1, 0.15) is 18.9 Å². The highest BCUT2D eigenvalue weighted by atomic mass is 35.5. The van der Waals surface area contributed by atoms with Crippen molar-refractivity contribution >= 4 is 11.6 Å². The van der Waals surface area contributed by atoms with E-state index >= 15 is 0 Å². The molecule has 0 heterocycles. The van der Waals surface area contributed by atoms with Crippen LogP contribution in [0.5, 0.6) is 11.5 Å². The average molecular weight is 268 g/mol. The van der Waals surface area contributed by atoms with Crippen molar-refractivity contribution in [2.24, 2.45) is 0 Å². The van der Waals surface area contributed by atoms with E-state index in [0.29, 0.717) is 23.1 Å². The van der Waals surface area contributed by atoms with Gasteiger partial charge in [0.15, 0.2) is 11.5 Å². The number of halogens is 1. The van der Waals surface area contributed by atoms with Crippen LogP contribution in [0, 0.1) is 11.8 Å². The minimum atomic E-state index is 0.576. The fourth-order valence-electron chi connectivity index (χ4n) is 1.57. The second-order valence-corrected chi connectivity index (χ2v) is 4.01. The van der Waals surface area contributed by atoms with Crippen LogP contribution in [0.15, 0.2) is 12.1 Å². The molecule has 0 atom stereocenters. The van der Waals surface area contributed by atoms with Crippen LogP contribution in [-0.2, 0) is 6.54 Å². The monoisotopic (exact) mass is 267 g/mol. The van der Waals surface area contributed by atoms with Gasteiger partial charge in [-0.15, -0.1) is 11.8 Å². The highest BCUT2D eigenvalue weighted by molar-refractivity contribution is 6.33. The first-order valence-electron chi connectivity index (χ1n) is 5.74. The largest absolute Gasteiger partial charge is 0.493 e. The van der Waals surface area contributed by atoms with Gasteiger partial charge in [-0.05, 0) is 18.6 Å². The summed E-state index contributed by atoms with van der Waals surface area (Å²) in [4.78, 5) is 0. The molecule has 0 saturated heterocycles. The van der Waals surface area contributed by atoms with E-state index in [1.54, 1.807) is 14.2 Å². The summed E-state index contributed by atoms with van der Waals surface area (Å²) in [7, 11) is 3.17. The second-order valence-electron chi connectivity index (χ2n) is 3.63. The zero-order chi connectivity index (χ0) is 13.4. The first kappa shape index (κ1) is 14.7. The van der Waals surface area contributed by atoms with Crippen molar-refractivity contribution in [3.63, 3.8) is 0 Å². The number of ether oxygens (including phenoxy) is 2. The summed E-state index contributed by atoms with van der Waals surface area (Å²) in [5.41, 5.74) is 0.985. The summed E-state index contributed by atoms with van der Waals surface area (Å²) >= 11 is 6.26. The van der Waals surface area contributed by atoms with Gasteiger partial charge >= 0.3 is 0 Å². The molecule has 3 nitrogen and oxygen atoms in total. The van der Waals surface area contributed by atoms with Crippen molar-refractivity contribution < 1.29 is 9.47 Å². The number of hydrogen-bond acceptors (Lipinski definition) is 3. The Morgan fingerprint density at radius 1 is 1.28 bits per heavy atom. The molecule has 0 amide bonds. The van der Waals surface area contributed by atoms with Gasteiger partial charge in [-0.1, -0.05) is 17.7 Å². The van der Waals surface area contributed by atoms with Crippen molar-refractivity contribution in [1.29, 1.82) is 0 Å². The van der Waals surface area contributed by atoms with Crippen LogP contribution >= 0.6 is 11.6 Å². The smallest absolute Gasteiger partial charge is 0.179 e. The molecule has 0 aliphatic heterocycles. The highest BCUT2D eigenvalue weighted by Crippen LogP contribution is 2.37. The Morgan fingerprint density at radius 2 is 2.06 bits per heavy atom. The van der Waals surface area contributed by atoms with Crippen LogP contribution in [0.2, 0.25) is 5.02 Å². The third-order valence-corrected chi connectivity index (χ3v) is 2.90. The van der Waals surface area contributed by atoms with E-state index in [4.69, 9.17) is 21.1 Å². The lowest BCUT2D eigenvalue weighted by atomic mass is 10.2. The molecule has 18 heavy (non-hydrogen) atoms. The normalized spacial score (nSPS) is 9.56. The maximum Gasteiger partial charge on any atom is 0.179 e. The average Bonchev–Trinajstić information content (AvgIpc) is 2.39. The predicted octanol–water partition coefficient (Wildman–Crippen LogP) is 2.86. The molecule has 4 heteroatoms. The molecule has 0 fully saturated rings. The van der Waals surface area contributed by atoms with Crippen molar-refractivity contribution in [3.8, 4) is 23.3 Å². The molecule has 98 valence electrons. The zero-order valence-corrected chi connectivity index (χ0v) is 11.7. The van der Waals surface area contributed by atoms with Crippen LogP contribution in [-0.4, -0.2) is 20.8 Å². The van der Waals surface area contributed by atoms with Crippen molar-refractivity contribution in [2.45, 2.75) is 19.9 Å². The van der Waals surface area contributed by atoms with E-state index in [1.807, 2.05) is 19.1 Å². The first-order chi connectivity index (χ1) is 8.74. The Labute approximate surface area is 113 Å². The molecule has 0 unspecified atom stereocenters. The molecule has 0 spiro atoms. The Balaban J connectivity index is 2.68. The van der Waals surface area contributed by atoms with Crippen LogP contribution in [0.4, 0.5) is 0 Å². The van der Waals surface area contributed by atoms with E-state index in [-0.39, 0.29) is 0 Å². The number of hydrogen-bond donors (Lipinski definition) is 1. The van der Waals surface area contributed by atoms with Crippen molar-refractivity contribution in [1.82, 2.24) is 5.32 Å². The molecule has 1 rings (SSSR count). The minimum Gasteiger partial charge on any atom is -0.493 e. The molecule has 0 aromatic heterocycles. The minimum absolute atomic E-state index is 0.576. The first-order valence-corrected chi connectivity index (χ1v) is 6.12. The van der Waals surface area contributed by atoms with Gasteiger partial charge in [0.25, 0.3) is 0 Å². The van der Waals surface area contributed by atoms with Gasteiger partial charge in [-0.25, -0.2) is 0 Å². The molecule has 0 aliphatic carbocycles. The Kier molecular flexibility index (Phi) is 6.42. The van der Waals surface area contributed by atoms with E-state index in [1.165, 1.54) is 0 Å². The third kappa shape index (κ3) is 3.83. The molecule has 1 aromatic rings. The maximum absolute atomic E-state index is 6.26. The highest BCUT2D eigenvalue weighted by Gasteiger charge is 2.12. The lowest BCUT2D eigenvalue weighted by Crippen LogP contribution is -2.14. The standard InChI is InChI=1S/C14H18ClNO2/c1-4-5-6-9-16-10-11-7-8-12(17-2)14(18-3)13(11)15/h7-8,16H,6,9-10H2,1-3H3. The molecule has 0 aliphatic rings. The van der Waals surface area contributed by atoms with Gasteiger partial charge in [0.2, 0.25) is 0 Å². The lowest BCUT2D eigenvalue weighted by molar-refractivity contribution is 0.354. The Morgan fingerprint density at radius 3 is 2.67 bits per heavy atom. The topological polar surface area (TPSA) is 30.5 Å². The number of methoxy groups -OCH3 is 2. The van der Waals surface area contributed by atoms with Gasteiger partial charge in [-0.2, -0.15) is 0 Å². The van der Waals surface area contributed by atoms with Gasteiger partial charge in [-0.3, -0.25) is 0 Å². The van der Waals surface area contributed by atoms with Crippen LogP contribution < -0.4 is 14.8 Å². The molecule has 0 saturated carbocycles.